The molecule has 0 bridgehead atoms. The Morgan fingerprint density at radius 3 is 2.56 bits per heavy atom. The quantitative estimate of drug-likeness (QED) is 0.519. The number of nitrogens with two attached hydrogens (primary N) is 1. The molecule has 0 aliphatic carbocycles. The molecule has 4 nitrogen and oxygen atoms in total. The van der Waals surface area contributed by atoms with Gasteiger partial charge in [-0.05, 0) is 24.6 Å². The number of anilines is 1. The van der Waals surface area contributed by atoms with Crippen LogP contribution in [0.4, 0.5) is 11.4 Å². The Kier molecular flexibility index (Phi) is 3.53. The van der Waals surface area contributed by atoms with E-state index in [0.29, 0.717) is 10.6 Å². The lowest BCUT2D eigenvalue weighted by Gasteiger charge is -2.07. The minimum atomic E-state index is -0.415. The molecule has 2 aromatic rings. The van der Waals surface area contributed by atoms with E-state index in [-0.39, 0.29) is 5.69 Å². The molecule has 0 saturated heterocycles. The van der Waals surface area contributed by atoms with Crippen LogP contribution in [0.2, 0.25) is 0 Å². The molecule has 0 aromatic heterocycles. The monoisotopic (exact) mass is 260 g/mol. The SMILES string of the molecule is Cc1ccccc1Sc1cc([N+](=O)[O-])ccc1N. The first-order chi connectivity index (χ1) is 8.58. The number of rotatable bonds is 3. The molecular formula is C13H12N2O2S. The number of benzene rings is 2. The summed E-state index contributed by atoms with van der Waals surface area (Å²) in [4.78, 5) is 12.1. The molecule has 0 unspecified atom stereocenters. The van der Waals surface area contributed by atoms with Gasteiger partial charge in [0.1, 0.15) is 0 Å². The van der Waals surface area contributed by atoms with E-state index in [1.807, 2.05) is 31.2 Å². The topological polar surface area (TPSA) is 69.2 Å². The number of nitro benzene ring substituents is 1. The van der Waals surface area contributed by atoms with Crippen molar-refractivity contribution in [3.8, 4) is 0 Å². The van der Waals surface area contributed by atoms with Gasteiger partial charge in [0.15, 0.2) is 0 Å². The van der Waals surface area contributed by atoms with Gasteiger partial charge in [-0.3, -0.25) is 10.1 Å². The highest BCUT2D eigenvalue weighted by Crippen LogP contribution is 2.35. The van der Waals surface area contributed by atoms with Gasteiger partial charge in [0.25, 0.3) is 5.69 Å². The van der Waals surface area contributed by atoms with Gasteiger partial charge < -0.3 is 5.73 Å². The molecule has 5 heteroatoms. The number of aryl methyl sites for hydroxylation is 1. The van der Waals surface area contributed by atoms with E-state index in [0.717, 1.165) is 10.5 Å². The third-order valence-corrected chi connectivity index (χ3v) is 3.77. The van der Waals surface area contributed by atoms with E-state index in [4.69, 9.17) is 5.73 Å². The minimum absolute atomic E-state index is 0.0558. The molecule has 2 rings (SSSR count). The van der Waals surface area contributed by atoms with Crippen molar-refractivity contribution >= 4 is 23.1 Å². The van der Waals surface area contributed by atoms with Crippen molar-refractivity contribution in [1.29, 1.82) is 0 Å². The summed E-state index contributed by atoms with van der Waals surface area (Å²) < 4.78 is 0. The third-order valence-electron chi connectivity index (χ3n) is 2.52. The second kappa shape index (κ2) is 5.10. The highest BCUT2D eigenvalue weighted by atomic mass is 32.2. The molecule has 0 fully saturated rings. The van der Waals surface area contributed by atoms with Crippen molar-refractivity contribution in [2.75, 3.05) is 5.73 Å². The second-order valence-electron chi connectivity index (χ2n) is 3.85. The normalized spacial score (nSPS) is 10.3. The molecule has 0 amide bonds. The van der Waals surface area contributed by atoms with Crippen LogP contribution < -0.4 is 5.73 Å². The van der Waals surface area contributed by atoms with Crippen LogP contribution >= 0.6 is 11.8 Å². The average molecular weight is 260 g/mol. The number of nitrogens with zero attached hydrogens (tertiary/aromatic N) is 1. The van der Waals surface area contributed by atoms with Gasteiger partial charge in [0, 0.05) is 27.6 Å². The van der Waals surface area contributed by atoms with Crippen LogP contribution in [0.1, 0.15) is 5.56 Å². The number of non-ortho nitro benzene ring substituents is 1. The predicted octanol–water partition coefficient (Wildman–Crippen LogP) is 3.64. The van der Waals surface area contributed by atoms with Gasteiger partial charge in [-0.25, -0.2) is 0 Å². The highest BCUT2D eigenvalue weighted by Gasteiger charge is 2.11. The summed E-state index contributed by atoms with van der Waals surface area (Å²) in [5.41, 5.74) is 7.57. The molecule has 0 atom stereocenters. The maximum absolute atomic E-state index is 10.7. The lowest BCUT2D eigenvalue weighted by Crippen LogP contribution is -1.93. The molecule has 0 radical (unpaired) electrons. The second-order valence-corrected chi connectivity index (χ2v) is 4.93. The standard InChI is InChI=1S/C13H12N2O2S/c1-9-4-2-3-5-12(9)18-13-8-10(15(16)17)6-7-11(13)14/h2-8H,14H2,1H3. The molecule has 0 saturated carbocycles. The predicted molar refractivity (Wildman–Crippen MR) is 72.8 cm³/mol. The summed E-state index contributed by atoms with van der Waals surface area (Å²) >= 11 is 1.44. The molecule has 2 N–H and O–H groups in total. The number of hydrogen-bond donors (Lipinski definition) is 1. The first kappa shape index (κ1) is 12.4. The zero-order valence-electron chi connectivity index (χ0n) is 9.79. The van der Waals surface area contributed by atoms with Crippen LogP contribution in [0.3, 0.4) is 0 Å². The summed E-state index contributed by atoms with van der Waals surface area (Å²) in [6, 6.07) is 12.3. The van der Waals surface area contributed by atoms with Crippen molar-refractivity contribution in [2.24, 2.45) is 0 Å². The summed E-state index contributed by atoms with van der Waals surface area (Å²) in [6.45, 7) is 2.00. The van der Waals surface area contributed by atoms with Crippen LogP contribution in [0, 0.1) is 17.0 Å². The van der Waals surface area contributed by atoms with E-state index in [1.165, 1.54) is 23.9 Å². The summed E-state index contributed by atoms with van der Waals surface area (Å²) in [5.74, 6) is 0. The van der Waals surface area contributed by atoms with Gasteiger partial charge in [0.05, 0.1) is 4.92 Å². The number of nitro groups is 1. The van der Waals surface area contributed by atoms with Crippen LogP contribution in [-0.4, -0.2) is 4.92 Å². The van der Waals surface area contributed by atoms with Crippen molar-refractivity contribution in [2.45, 2.75) is 16.7 Å². The van der Waals surface area contributed by atoms with Crippen molar-refractivity contribution in [3.63, 3.8) is 0 Å². The van der Waals surface area contributed by atoms with Crippen molar-refractivity contribution < 1.29 is 4.92 Å². The average Bonchev–Trinajstić information content (AvgIpc) is 2.34. The smallest absolute Gasteiger partial charge is 0.270 e. The lowest BCUT2D eigenvalue weighted by molar-refractivity contribution is -0.385. The van der Waals surface area contributed by atoms with E-state index in [1.54, 1.807) is 6.07 Å². The maximum atomic E-state index is 10.7. The zero-order chi connectivity index (χ0) is 13.1. The third kappa shape index (κ3) is 2.62. The molecule has 18 heavy (non-hydrogen) atoms. The molecule has 2 aromatic carbocycles. The fourth-order valence-electron chi connectivity index (χ4n) is 1.51. The van der Waals surface area contributed by atoms with E-state index in [2.05, 4.69) is 0 Å². The van der Waals surface area contributed by atoms with Crippen LogP contribution in [0.5, 0.6) is 0 Å². The van der Waals surface area contributed by atoms with Gasteiger partial charge in [0.2, 0.25) is 0 Å². The Labute approximate surface area is 109 Å². The van der Waals surface area contributed by atoms with Gasteiger partial charge in [-0.2, -0.15) is 0 Å². The molecule has 92 valence electrons. The summed E-state index contributed by atoms with van der Waals surface area (Å²) in [5, 5.41) is 10.7. The first-order valence-electron chi connectivity index (χ1n) is 5.35. The Morgan fingerprint density at radius 1 is 1.17 bits per heavy atom. The molecule has 0 aliphatic heterocycles. The number of nitrogen functional groups attached to an aromatic ring is 1. The summed E-state index contributed by atoms with van der Waals surface area (Å²) in [7, 11) is 0. The van der Waals surface area contributed by atoms with E-state index < -0.39 is 4.92 Å². The fraction of sp³-hybridized carbons (Fsp3) is 0.0769. The van der Waals surface area contributed by atoms with Crippen molar-refractivity contribution in [1.82, 2.24) is 0 Å². The van der Waals surface area contributed by atoms with Gasteiger partial charge in [-0.15, -0.1) is 0 Å². The lowest BCUT2D eigenvalue weighted by atomic mass is 10.2. The van der Waals surface area contributed by atoms with Gasteiger partial charge >= 0.3 is 0 Å². The summed E-state index contributed by atoms with van der Waals surface area (Å²) in [6.07, 6.45) is 0. The van der Waals surface area contributed by atoms with Crippen LogP contribution in [0.25, 0.3) is 0 Å². The molecule has 0 aliphatic rings. The Morgan fingerprint density at radius 2 is 1.89 bits per heavy atom. The Balaban J connectivity index is 2.37. The Hall–Kier alpha value is -2.01. The molecular weight excluding hydrogens is 248 g/mol. The first-order valence-corrected chi connectivity index (χ1v) is 6.17. The molecule has 0 spiro atoms. The minimum Gasteiger partial charge on any atom is -0.398 e. The van der Waals surface area contributed by atoms with Gasteiger partial charge in [-0.1, -0.05) is 30.0 Å². The fourth-order valence-corrected chi connectivity index (χ4v) is 2.49. The van der Waals surface area contributed by atoms with E-state index in [9.17, 15) is 10.1 Å². The highest BCUT2D eigenvalue weighted by molar-refractivity contribution is 7.99. The Bertz CT molecular complexity index is 599. The van der Waals surface area contributed by atoms with Crippen molar-refractivity contribution in [3.05, 3.63) is 58.1 Å². The zero-order valence-corrected chi connectivity index (χ0v) is 10.6. The number of hydrogen-bond acceptors (Lipinski definition) is 4. The van der Waals surface area contributed by atoms with Crippen LogP contribution in [0.15, 0.2) is 52.3 Å². The maximum Gasteiger partial charge on any atom is 0.270 e. The van der Waals surface area contributed by atoms with E-state index >= 15 is 0 Å². The molecule has 0 heterocycles. The largest absolute Gasteiger partial charge is 0.398 e. The van der Waals surface area contributed by atoms with Crippen LogP contribution in [-0.2, 0) is 0 Å².